The van der Waals surface area contributed by atoms with E-state index in [1.165, 1.54) is 11.9 Å². The quantitative estimate of drug-likeness (QED) is 0.771. The van der Waals surface area contributed by atoms with Crippen molar-refractivity contribution < 1.29 is 8.42 Å². The molecular formula is C18H30N4O2S. The summed E-state index contributed by atoms with van der Waals surface area (Å²) in [6.07, 6.45) is 2.24. The SMILES string of the molecule is CS(=O)(=O)N1CCCN(CCN2CCN(c3ccccc3)CC2)CC1. The second-order valence-electron chi connectivity index (χ2n) is 7.02. The summed E-state index contributed by atoms with van der Waals surface area (Å²) in [6, 6.07) is 10.6. The Kier molecular flexibility index (Phi) is 6.33. The van der Waals surface area contributed by atoms with Gasteiger partial charge < -0.3 is 9.80 Å². The van der Waals surface area contributed by atoms with E-state index in [4.69, 9.17) is 0 Å². The first-order valence-electron chi connectivity index (χ1n) is 9.22. The summed E-state index contributed by atoms with van der Waals surface area (Å²) in [6.45, 7) is 9.57. The monoisotopic (exact) mass is 366 g/mol. The predicted octanol–water partition coefficient (Wildman–Crippen LogP) is 0.776. The Labute approximate surface area is 152 Å². The van der Waals surface area contributed by atoms with Crippen LogP contribution in [0.15, 0.2) is 30.3 Å². The van der Waals surface area contributed by atoms with Crippen molar-refractivity contribution in [2.75, 3.05) is 76.6 Å². The Morgan fingerprint density at radius 2 is 1.40 bits per heavy atom. The Morgan fingerprint density at radius 1 is 0.800 bits per heavy atom. The highest BCUT2D eigenvalue weighted by Crippen LogP contribution is 2.15. The van der Waals surface area contributed by atoms with Gasteiger partial charge in [0.25, 0.3) is 0 Å². The lowest BCUT2D eigenvalue weighted by Gasteiger charge is -2.37. The van der Waals surface area contributed by atoms with Crippen LogP contribution < -0.4 is 4.90 Å². The second-order valence-corrected chi connectivity index (χ2v) is 9.00. The van der Waals surface area contributed by atoms with E-state index in [0.717, 1.165) is 58.8 Å². The van der Waals surface area contributed by atoms with Crippen LogP contribution in [0.3, 0.4) is 0 Å². The molecule has 2 saturated heterocycles. The molecule has 0 unspecified atom stereocenters. The summed E-state index contributed by atoms with van der Waals surface area (Å²) in [5.41, 5.74) is 1.32. The summed E-state index contributed by atoms with van der Waals surface area (Å²) in [5, 5.41) is 0. The molecule has 0 spiro atoms. The van der Waals surface area contributed by atoms with Crippen molar-refractivity contribution in [3.05, 3.63) is 30.3 Å². The molecule has 1 aromatic carbocycles. The van der Waals surface area contributed by atoms with Crippen molar-refractivity contribution in [1.29, 1.82) is 0 Å². The molecule has 0 amide bonds. The van der Waals surface area contributed by atoms with Crippen LogP contribution in [0.1, 0.15) is 6.42 Å². The van der Waals surface area contributed by atoms with E-state index < -0.39 is 10.0 Å². The molecular weight excluding hydrogens is 336 g/mol. The van der Waals surface area contributed by atoms with E-state index in [1.54, 1.807) is 4.31 Å². The van der Waals surface area contributed by atoms with Gasteiger partial charge >= 0.3 is 0 Å². The summed E-state index contributed by atoms with van der Waals surface area (Å²) < 4.78 is 25.0. The van der Waals surface area contributed by atoms with Gasteiger partial charge in [-0.25, -0.2) is 12.7 Å². The number of piperazine rings is 1. The molecule has 7 heteroatoms. The van der Waals surface area contributed by atoms with E-state index >= 15 is 0 Å². The van der Waals surface area contributed by atoms with Crippen LogP contribution >= 0.6 is 0 Å². The van der Waals surface area contributed by atoms with Crippen molar-refractivity contribution in [2.45, 2.75) is 6.42 Å². The number of nitrogens with zero attached hydrogens (tertiary/aromatic N) is 4. The van der Waals surface area contributed by atoms with Crippen LogP contribution in [0.2, 0.25) is 0 Å². The molecule has 1 aromatic rings. The first-order valence-corrected chi connectivity index (χ1v) is 11.1. The molecule has 0 atom stereocenters. The van der Waals surface area contributed by atoms with Crippen molar-refractivity contribution in [1.82, 2.24) is 14.1 Å². The molecule has 0 aromatic heterocycles. The molecule has 2 fully saturated rings. The standard InChI is InChI=1S/C18H30N4O2S/c1-25(23,24)22-9-5-8-19(14-17-22)10-11-20-12-15-21(16-13-20)18-6-3-2-4-7-18/h2-4,6-7H,5,8-17H2,1H3. The van der Waals surface area contributed by atoms with Crippen molar-refractivity contribution in [2.24, 2.45) is 0 Å². The third-order valence-electron chi connectivity index (χ3n) is 5.24. The fraction of sp³-hybridized carbons (Fsp3) is 0.667. The van der Waals surface area contributed by atoms with Crippen LogP contribution in [0.5, 0.6) is 0 Å². The fourth-order valence-electron chi connectivity index (χ4n) is 3.65. The van der Waals surface area contributed by atoms with Gasteiger partial charge in [0.1, 0.15) is 0 Å². The van der Waals surface area contributed by atoms with Gasteiger partial charge in [-0.05, 0) is 25.1 Å². The van der Waals surface area contributed by atoms with Crippen LogP contribution in [0, 0.1) is 0 Å². The number of anilines is 1. The zero-order valence-corrected chi connectivity index (χ0v) is 16.0. The van der Waals surface area contributed by atoms with E-state index in [-0.39, 0.29) is 0 Å². The van der Waals surface area contributed by atoms with E-state index in [2.05, 4.69) is 45.0 Å². The average Bonchev–Trinajstić information content (AvgIpc) is 2.87. The van der Waals surface area contributed by atoms with Gasteiger partial charge in [-0.2, -0.15) is 0 Å². The smallest absolute Gasteiger partial charge is 0.211 e. The molecule has 0 radical (unpaired) electrons. The van der Waals surface area contributed by atoms with Gasteiger partial charge in [0.15, 0.2) is 0 Å². The summed E-state index contributed by atoms with van der Waals surface area (Å²) in [5.74, 6) is 0. The normalized spacial score (nSPS) is 22.0. The number of para-hydroxylation sites is 1. The summed E-state index contributed by atoms with van der Waals surface area (Å²) in [4.78, 5) is 7.39. The number of rotatable bonds is 5. The van der Waals surface area contributed by atoms with Crippen LogP contribution in [-0.4, -0.2) is 94.2 Å². The van der Waals surface area contributed by atoms with Crippen molar-refractivity contribution >= 4 is 15.7 Å². The van der Waals surface area contributed by atoms with Gasteiger partial charge in [-0.3, -0.25) is 4.90 Å². The summed E-state index contributed by atoms with van der Waals surface area (Å²) in [7, 11) is -3.05. The predicted molar refractivity (Wildman–Crippen MR) is 103 cm³/mol. The maximum absolute atomic E-state index is 11.7. The molecule has 0 N–H and O–H groups in total. The highest BCUT2D eigenvalue weighted by molar-refractivity contribution is 7.88. The number of hydrogen-bond donors (Lipinski definition) is 0. The second kappa shape index (κ2) is 8.49. The van der Waals surface area contributed by atoms with Gasteiger partial charge in [0.2, 0.25) is 10.0 Å². The molecule has 0 aliphatic carbocycles. The number of benzene rings is 1. The summed E-state index contributed by atoms with van der Waals surface area (Å²) >= 11 is 0. The van der Waals surface area contributed by atoms with Crippen LogP contribution in [0.4, 0.5) is 5.69 Å². The lowest BCUT2D eigenvalue weighted by Crippen LogP contribution is -2.48. The molecule has 140 valence electrons. The zero-order valence-electron chi connectivity index (χ0n) is 15.2. The minimum atomic E-state index is -3.05. The topological polar surface area (TPSA) is 47.1 Å². The maximum atomic E-state index is 11.7. The lowest BCUT2D eigenvalue weighted by atomic mass is 10.2. The fourth-order valence-corrected chi connectivity index (χ4v) is 4.53. The number of hydrogen-bond acceptors (Lipinski definition) is 5. The first-order chi connectivity index (χ1) is 12.0. The molecule has 25 heavy (non-hydrogen) atoms. The molecule has 2 aliphatic heterocycles. The largest absolute Gasteiger partial charge is 0.369 e. The Balaban J connectivity index is 1.40. The van der Waals surface area contributed by atoms with Gasteiger partial charge in [0, 0.05) is 64.6 Å². The van der Waals surface area contributed by atoms with E-state index in [9.17, 15) is 8.42 Å². The van der Waals surface area contributed by atoms with Crippen molar-refractivity contribution in [3.63, 3.8) is 0 Å². The first kappa shape index (κ1) is 18.6. The molecule has 6 nitrogen and oxygen atoms in total. The maximum Gasteiger partial charge on any atom is 0.211 e. The van der Waals surface area contributed by atoms with Crippen molar-refractivity contribution in [3.8, 4) is 0 Å². The minimum absolute atomic E-state index is 0.626. The molecule has 2 heterocycles. The highest BCUT2D eigenvalue weighted by atomic mass is 32.2. The van der Waals surface area contributed by atoms with Gasteiger partial charge in [-0.1, -0.05) is 18.2 Å². The Morgan fingerprint density at radius 3 is 2.04 bits per heavy atom. The van der Waals surface area contributed by atoms with Crippen LogP contribution in [-0.2, 0) is 10.0 Å². The minimum Gasteiger partial charge on any atom is -0.369 e. The molecule has 0 saturated carbocycles. The molecule has 2 aliphatic rings. The number of sulfonamides is 1. The zero-order chi connectivity index (χ0) is 17.7. The third kappa shape index (κ3) is 5.41. The third-order valence-corrected chi connectivity index (χ3v) is 6.55. The molecule has 0 bridgehead atoms. The Bertz CT molecular complexity index is 630. The average molecular weight is 367 g/mol. The highest BCUT2D eigenvalue weighted by Gasteiger charge is 2.22. The van der Waals surface area contributed by atoms with Gasteiger partial charge in [0.05, 0.1) is 6.26 Å². The lowest BCUT2D eigenvalue weighted by molar-refractivity contribution is 0.201. The van der Waals surface area contributed by atoms with E-state index in [0.29, 0.717) is 13.1 Å². The van der Waals surface area contributed by atoms with Crippen LogP contribution in [0.25, 0.3) is 0 Å². The molecule has 3 rings (SSSR count). The Hall–Kier alpha value is -1.15. The van der Waals surface area contributed by atoms with E-state index in [1.807, 2.05) is 0 Å². The van der Waals surface area contributed by atoms with Gasteiger partial charge in [-0.15, -0.1) is 0 Å².